The van der Waals surface area contributed by atoms with Gasteiger partial charge in [0.15, 0.2) is 11.5 Å². The van der Waals surface area contributed by atoms with Crippen LogP contribution in [0.3, 0.4) is 0 Å². The lowest BCUT2D eigenvalue weighted by molar-refractivity contribution is -0.126. The van der Waals surface area contributed by atoms with Gasteiger partial charge in [-0.05, 0) is 61.7 Å². The molecule has 2 aromatic carbocycles. The van der Waals surface area contributed by atoms with Crippen LogP contribution in [0.1, 0.15) is 31.4 Å². The summed E-state index contributed by atoms with van der Waals surface area (Å²) >= 11 is 5.87. The first-order valence-electron chi connectivity index (χ1n) is 10.3. The number of benzene rings is 2. The highest BCUT2D eigenvalue weighted by atomic mass is 35.5. The smallest absolute Gasteiger partial charge is 0.243 e. The second-order valence-electron chi connectivity index (χ2n) is 7.79. The van der Waals surface area contributed by atoms with Crippen LogP contribution in [0.5, 0.6) is 11.5 Å². The molecule has 1 amide bonds. The van der Waals surface area contributed by atoms with E-state index in [1.165, 1.54) is 16.4 Å². The number of amides is 1. The summed E-state index contributed by atoms with van der Waals surface area (Å²) in [5.74, 6) is 0.806. The molecule has 2 aromatic rings. The highest BCUT2D eigenvalue weighted by molar-refractivity contribution is 7.89. The fraction of sp³-hybridized carbons (Fsp3) is 0.409. The van der Waals surface area contributed by atoms with E-state index in [0.29, 0.717) is 49.1 Å². The van der Waals surface area contributed by atoms with Crippen molar-refractivity contribution < 1.29 is 22.7 Å². The second-order valence-corrected chi connectivity index (χ2v) is 10.2. The maximum Gasteiger partial charge on any atom is 0.243 e. The van der Waals surface area contributed by atoms with E-state index in [4.69, 9.17) is 21.1 Å². The summed E-state index contributed by atoms with van der Waals surface area (Å²) in [5.41, 5.74) is 0.902. The molecular formula is C22H25ClN2O5S. The van der Waals surface area contributed by atoms with Gasteiger partial charge < -0.3 is 14.8 Å². The van der Waals surface area contributed by atoms with Gasteiger partial charge in [-0.3, -0.25) is 4.79 Å². The first-order chi connectivity index (χ1) is 14.8. The van der Waals surface area contributed by atoms with Gasteiger partial charge in [-0.15, -0.1) is 0 Å². The standard InChI is InChI=1S/C22H25ClN2O5S/c1-15(16-4-9-20-21(13-16)30-12-11-29-20)24-22(26)17-3-2-10-25(14-17)31(27,28)19-7-5-18(23)6-8-19/h4-9,13,15,17H,2-3,10-12,14H2,1H3,(H,24,26)/t15-,17+/m0/s1. The van der Waals surface area contributed by atoms with Crippen molar-refractivity contribution in [2.45, 2.75) is 30.7 Å². The molecule has 0 unspecified atom stereocenters. The van der Waals surface area contributed by atoms with Gasteiger partial charge >= 0.3 is 0 Å². The molecule has 9 heteroatoms. The van der Waals surface area contributed by atoms with Crippen molar-refractivity contribution in [1.82, 2.24) is 9.62 Å². The number of sulfonamides is 1. The van der Waals surface area contributed by atoms with Crippen LogP contribution in [0.25, 0.3) is 0 Å². The monoisotopic (exact) mass is 464 g/mol. The number of fused-ring (bicyclic) bond motifs is 1. The molecule has 4 rings (SSSR count). The molecule has 1 saturated heterocycles. The van der Waals surface area contributed by atoms with Crippen LogP contribution >= 0.6 is 11.6 Å². The van der Waals surface area contributed by atoms with Crippen LogP contribution in [0, 0.1) is 5.92 Å². The van der Waals surface area contributed by atoms with Crippen molar-refractivity contribution in [2.24, 2.45) is 5.92 Å². The number of nitrogens with zero attached hydrogens (tertiary/aromatic N) is 1. The van der Waals surface area contributed by atoms with Crippen LogP contribution < -0.4 is 14.8 Å². The molecule has 166 valence electrons. The Balaban J connectivity index is 1.42. The summed E-state index contributed by atoms with van der Waals surface area (Å²) in [6, 6.07) is 11.5. The Kier molecular flexibility index (Phi) is 6.41. The van der Waals surface area contributed by atoms with Crippen LogP contribution in [-0.2, 0) is 14.8 Å². The molecule has 0 radical (unpaired) electrons. The minimum atomic E-state index is -3.67. The Morgan fingerprint density at radius 1 is 1.13 bits per heavy atom. The molecule has 0 bridgehead atoms. The van der Waals surface area contributed by atoms with Crippen molar-refractivity contribution in [3.8, 4) is 11.5 Å². The van der Waals surface area contributed by atoms with E-state index in [-0.39, 0.29) is 23.4 Å². The van der Waals surface area contributed by atoms with Gasteiger partial charge in [0.2, 0.25) is 15.9 Å². The Morgan fingerprint density at radius 3 is 2.58 bits per heavy atom. The highest BCUT2D eigenvalue weighted by Crippen LogP contribution is 2.33. The average molecular weight is 465 g/mol. The second kappa shape index (κ2) is 9.06. The Labute approximate surface area is 187 Å². The molecule has 31 heavy (non-hydrogen) atoms. The molecule has 7 nitrogen and oxygen atoms in total. The predicted octanol–water partition coefficient (Wildman–Crippen LogP) is 3.39. The van der Waals surface area contributed by atoms with Gasteiger partial charge in [0.25, 0.3) is 0 Å². The van der Waals surface area contributed by atoms with Gasteiger partial charge in [0, 0.05) is 18.1 Å². The predicted molar refractivity (Wildman–Crippen MR) is 117 cm³/mol. The van der Waals surface area contributed by atoms with E-state index in [0.717, 1.165) is 5.56 Å². The zero-order valence-corrected chi connectivity index (χ0v) is 18.8. The summed E-state index contributed by atoms with van der Waals surface area (Å²) in [6.45, 7) is 3.47. The molecule has 1 fully saturated rings. The largest absolute Gasteiger partial charge is 0.486 e. The van der Waals surface area contributed by atoms with E-state index in [1.54, 1.807) is 12.1 Å². The molecule has 2 aliphatic rings. The average Bonchev–Trinajstić information content (AvgIpc) is 2.79. The number of halogens is 1. The van der Waals surface area contributed by atoms with Crippen LogP contribution in [-0.4, -0.2) is 44.9 Å². The number of ether oxygens (including phenoxy) is 2. The Bertz CT molecular complexity index is 1060. The summed E-state index contributed by atoms with van der Waals surface area (Å²) in [4.78, 5) is 13.1. The van der Waals surface area contributed by atoms with Crippen molar-refractivity contribution >= 4 is 27.5 Å². The lowest BCUT2D eigenvalue weighted by atomic mass is 9.97. The third kappa shape index (κ3) is 4.81. The number of hydrogen-bond donors (Lipinski definition) is 1. The first kappa shape index (κ1) is 21.9. The maximum atomic E-state index is 13.0. The fourth-order valence-electron chi connectivity index (χ4n) is 3.87. The third-order valence-electron chi connectivity index (χ3n) is 5.63. The van der Waals surface area contributed by atoms with Gasteiger partial charge in [-0.1, -0.05) is 17.7 Å². The summed E-state index contributed by atoms with van der Waals surface area (Å²) in [7, 11) is -3.67. The van der Waals surface area contributed by atoms with E-state index in [2.05, 4.69) is 5.32 Å². The van der Waals surface area contributed by atoms with Crippen molar-refractivity contribution in [2.75, 3.05) is 26.3 Å². The summed E-state index contributed by atoms with van der Waals surface area (Å²) in [5, 5.41) is 3.49. The van der Waals surface area contributed by atoms with E-state index < -0.39 is 15.9 Å². The molecule has 0 spiro atoms. The van der Waals surface area contributed by atoms with Gasteiger partial charge in [-0.2, -0.15) is 4.31 Å². The molecule has 1 N–H and O–H groups in total. The van der Waals surface area contributed by atoms with Crippen LogP contribution in [0.15, 0.2) is 47.4 Å². The number of nitrogens with one attached hydrogen (secondary N) is 1. The summed E-state index contributed by atoms with van der Waals surface area (Å²) < 4.78 is 38.5. The van der Waals surface area contributed by atoms with Crippen LogP contribution in [0.2, 0.25) is 5.02 Å². The molecule has 0 aromatic heterocycles. The normalized spacial score (nSPS) is 20.1. The first-order valence-corrected chi connectivity index (χ1v) is 12.1. The SMILES string of the molecule is C[C@H](NC(=O)[C@@H]1CCCN(S(=O)(=O)c2ccc(Cl)cc2)C1)c1ccc2c(c1)OCCO2. The maximum absolute atomic E-state index is 13.0. The zero-order valence-electron chi connectivity index (χ0n) is 17.2. The fourth-order valence-corrected chi connectivity index (χ4v) is 5.52. The molecule has 2 heterocycles. The number of rotatable bonds is 5. The number of carbonyl (C=O) groups excluding carboxylic acids is 1. The molecule has 2 aliphatic heterocycles. The van der Waals surface area contributed by atoms with Crippen LogP contribution in [0.4, 0.5) is 0 Å². The van der Waals surface area contributed by atoms with E-state index in [9.17, 15) is 13.2 Å². The Hall–Kier alpha value is -2.29. The van der Waals surface area contributed by atoms with E-state index >= 15 is 0 Å². The van der Waals surface area contributed by atoms with Crippen molar-refractivity contribution in [3.63, 3.8) is 0 Å². The highest BCUT2D eigenvalue weighted by Gasteiger charge is 2.33. The van der Waals surface area contributed by atoms with Gasteiger partial charge in [0.1, 0.15) is 13.2 Å². The molecule has 0 saturated carbocycles. The van der Waals surface area contributed by atoms with E-state index in [1.807, 2.05) is 25.1 Å². The minimum Gasteiger partial charge on any atom is -0.486 e. The lowest BCUT2D eigenvalue weighted by Gasteiger charge is -2.32. The van der Waals surface area contributed by atoms with Gasteiger partial charge in [0.05, 0.1) is 16.9 Å². The quantitative estimate of drug-likeness (QED) is 0.733. The lowest BCUT2D eigenvalue weighted by Crippen LogP contribution is -2.45. The van der Waals surface area contributed by atoms with Crippen molar-refractivity contribution in [1.29, 1.82) is 0 Å². The topological polar surface area (TPSA) is 84.9 Å². The zero-order chi connectivity index (χ0) is 22.0. The third-order valence-corrected chi connectivity index (χ3v) is 7.76. The minimum absolute atomic E-state index is 0.154. The molecule has 2 atom stereocenters. The number of carbonyl (C=O) groups is 1. The number of piperidine rings is 1. The summed E-state index contributed by atoms with van der Waals surface area (Å²) in [6.07, 6.45) is 1.27. The number of hydrogen-bond acceptors (Lipinski definition) is 5. The van der Waals surface area contributed by atoms with Crippen molar-refractivity contribution in [3.05, 3.63) is 53.1 Å². The Morgan fingerprint density at radius 2 is 1.84 bits per heavy atom. The molecule has 0 aliphatic carbocycles. The molecular weight excluding hydrogens is 440 g/mol. The van der Waals surface area contributed by atoms with Gasteiger partial charge in [-0.25, -0.2) is 8.42 Å².